The van der Waals surface area contributed by atoms with Gasteiger partial charge >= 0.3 is 0 Å². The van der Waals surface area contributed by atoms with Crippen molar-refractivity contribution in [2.45, 2.75) is 25.4 Å². The highest BCUT2D eigenvalue weighted by Gasteiger charge is 2.30. The number of likely N-dealkylation sites (tertiary alicyclic amines) is 1. The SMILES string of the molecule is CNC(=O)C1CCCN1Cc1cccc(Cl)c1O. The Balaban J connectivity index is 2.13. The van der Waals surface area contributed by atoms with Crippen LogP contribution in [0.25, 0.3) is 0 Å². The van der Waals surface area contributed by atoms with Crippen LogP contribution >= 0.6 is 11.6 Å². The molecule has 0 aliphatic carbocycles. The van der Waals surface area contributed by atoms with Gasteiger partial charge in [-0.25, -0.2) is 0 Å². The van der Waals surface area contributed by atoms with Gasteiger partial charge in [0.05, 0.1) is 11.1 Å². The molecule has 1 aromatic rings. The lowest BCUT2D eigenvalue weighted by atomic mass is 10.1. The largest absolute Gasteiger partial charge is 0.506 e. The monoisotopic (exact) mass is 268 g/mol. The maximum atomic E-state index is 11.7. The fourth-order valence-electron chi connectivity index (χ4n) is 2.39. The Hall–Kier alpha value is -1.26. The zero-order chi connectivity index (χ0) is 13.1. The van der Waals surface area contributed by atoms with Gasteiger partial charge in [0.25, 0.3) is 0 Å². The standard InChI is InChI=1S/C13H17ClN2O2/c1-15-13(18)11-6-3-7-16(11)8-9-4-2-5-10(14)12(9)17/h2,4-5,11,17H,3,6-8H2,1H3,(H,15,18). The van der Waals surface area contributed by atoms with Crippen LogP contribution in [-0.2, 0) is 11.3 Å². The molecule has 1 unspecified atom stereocenters. The van der Waals surface area contributed by atoms with Gasteiger partial charge in [0, 0.05) is 19.2 Å². The molecule has 1 aliphatic heterocycles. The van der Waals surface area contributed by atoms with E-state index in [2.05, 4.69) is 10.2 Å². The molecule has 1 atom stereocenters. The zero-order valence-corrected chi connectivity index (χ0v) is 11.1. The number of carbonyl (C=O) groups excluding carboxylic acids is 1. The molecule has 1 amide bonds. The van der Waals surface area contributed by atoms with Gasteiger partial charge in [-0.15, -0.1) is 0 Å². The van der Waals surface area contributed by atoms with Crippen LogP contribution in [0.3, 0.4) is 0 Å². The Kier molecular flexibility index (Phi) is 4.09. The van der Waals surface area contributed by atoms with Crippen molar-refractivity contribution in [3.8, 4) is 5.75 Å². The Morgan fingerprint density at radius 2 is 2.39 bits per heavy atom. The number of phenolic OH excluding ortho intramolecular Hbond substituents is 1. The van der Waals surface area contributed by atoms with Gasteiger partial charge in [-0.1, -0.05) is 23.7 Å². The van der Waals surface area contributed by atoms with Gasteiger partial charge in [-0.05, 0) is 25.5 Å². The quantitative estimate of drug-likeness (QED) is 0.878. The van der Waals surface area contributed by atoms with E-state index in [1.807, 2.05) is 12.1 Å². The van der Waals surface area contributed by atoms with E-state index < -0.39 is 0 Å². The van der Waals surface area contributed by atoms with Crippen LogP contribution in [0, 0.1) is 0 Å². The third kappa shape index (κ3) is 2.60. The minimum Gasteiger partial charge on any atom is -0.506 e. The molecule has 0 spiro atoms. The number of likely N-dealkylation sites (N-methyl/N-ethyl adjacent to an activating group) is 1. The van der Waals surface area contributed by atoms with E-state index in [1.54, 1.807) is 13.1 Å². The second-order valence-electron chi connectivity index (χ2n) is 4.49. The van der Waals surface area contributed by atoms with Crippen molar-refractivity contribution in [3.63, 3.8) is 0 Å². The highest BCUT2D eigenvalue weighted by atomic mass is 35.5. The van der Waals surface area contributed by atoms with Gasteiger partial charge in [0.15, 0.2) is 0 Å². The summed E-state index contributed by atoms with van der Waals surface area (Å²) in [6.45, 7) is 1.41. The molecule has 2 rings (SSSR count). The molecule has 0 bridgehead atoms. The molecule has 5 heteroatoms. The third-order valence-electron chi connectivity index (χ3n) is 3.36. The summed E-state index contributed by atoms with van der Waals surface area (Å²) >= 11 is 5.88. The predicted molar refractivity (Wildman–Crippen MR) is 70.6 cm³/mol. The van der Waals surface area contributed by atoms with E-state index in [0.717, 1.165) is 24.9 Å². The van der Waals surface area contributed by atoms with Gasteiger partial charge in [0.2, 0.25) is 5.91 Å². The summed E-state index contributed by atoms with van der Waals surface area (Å²) in [5.74, 6) is 0.149. The Morgan fingerprint density at radius 1 is 1.61 bits per heavy atom. The second-order valence-corrected chi connectivity index (χ2v) is 4.90. The fourth-order valence-corrected chi connectivity index (χ4v) is 2.58. The molecule has 1 fully saturated rings. The van der Waals surface area contributed by atoms with Crippen LogP contribution in [-0.4, -0.2) is 35.5 Å². The van der Waals surface area contributed by atoms with Crippen molar-refractivity contribution in [1.29, 1.82) is 0 Å². The number of amides is 1. The normalized spacial score (nSPS) is 20.0. The second kappa shape index (κ2) is 5.59. The van der Waals surface area contributed by atoms with Crippen LogP contribution in [0.1, 0.15) is 18.4 Å². The maximum absolute atomic E-state index is 11.7. The molecule has 1 heterocycles. The first-order chi connectivity index (χ1) is 8.63. The summed E-state index contributed by atoms with van der Waals surface area (Å²) in [5, 5.41) is 12.9. The highest BCUT2D eigenvalue weighted by Crippen LogP contribution is 2.30. The van der Waals surface area contributed by atoms with E-state index in [-0.39, 0.29) is 17.7 Å². The van der Waals surface area contributed by atoms with Crippen molar-refractivity contribution >= 4 is 17.5 Å². The molecule has 0 radical (unpaired) electrons. The van der Waals surface area contributed by atoms with Gasteiger partial charge < -0.3 is 10.4 Å². The molecule has 1 saturated heterocycles. The lowest BCUT2D eigenvalue weighted by Gasteiger charge is -2.23. The van der Waals surface area contributed by atoms with Gasteiger partial charge in [-0.2, -0.15) is 0 Å². The first-order valence-electron chi connectivity index (χ1n) is 6.05. The number of benzene rings is 1. The lowest BCUT2D eigenvalue weighted by molar-refractivity contribution is -0.125. The molecule has 4 nitrogen and oxygen atoms in total. The van der Waals surface area contributed by atoms with E-state index in [1.165, 1.54) is 0 Å². The molecule has 18 heavy (non-hydrogen) atoms. The summed E-state index contributed by atoms with van der Waals surface area (Å²) in [6.07, 6.45) is 1.86. The zero-order valence-electron chi connectivity index (χ0n) is 10.3. The van der Waals surface area contributed by atoms with Crippen LogP contribution < -0.4 is 5.32 Å². The van der Waals surface area contributed by atoms with E-state index in [0.29, 0.717) is 11.6 Å². The number of hydrogen-bond donors (Lipinski definition) is 2. The minimum atomic E-state index is -0.103. The number of rotatable bonds is 3. The number of para-hydroxylation sites is 1. The summed E-state index contributed by atoms with van der Waals surface area (Å²) in [7, 11) is 1.65. The van der Waals surface area contributed by atoms with Gasteiger partial charge in [-0.3, -0.25) is 9.69 Å². The van der Waals surface area contributed by atoms with E-state index >= 15 is 0 Å². The predicted octanol–water partition coefficient (Wildman–Crippen LogP) is 1.76. The average molecular weight is 269 g/mol. The molecule has 2 N–H and O–H groups in total. The number of halogens is 1. The van der Waals surface area contributed by atoms with Crippen LogP contribution in [0.5, 0.6) is 5.75 Å². The number of nitrogens with one attached hydrogen (secondary N) is 1. The number of phenols is 1. The van der Waals surface area contributed by atoms with Crippen LogP contribution in [0.4, 0.5) is 0 Å². The van der Waals surface area contributed by atoms with Crippen molar-refractivity contribution in [1.82, 2.24) is 10.2 Å². The average Bonchev–Trinajstić information content (AvgIpc) is 2.82. The number of nitrogens with zero attached hydrogens (tertiary/aromatic N) is 1. The molecule has 1 aliphatic rings. The van der Waals surface area contributed by atoms with Crippen molar-refractivity contribution in [2.75, 3.05) is 13.6 Å². The van der Waals surface area contributed by atoms with Crippen LogP contribution in [0.15, 0.2) is 18.2 Å². The first kappa shape index (κ1) is 13.2. The summed E-state index contributed by atoms with van der Waals surface area (Å²) < 4.78 is 0. The molecular weight excluding hydrogens is 252 g/mol. The lowest BCUT2D eigenvalue weighted by Crippen LogP contribution is -2.41. The molecule has 98 valence electrons. The molecular formula is C13H17ClN2O2. The van der Waals surface area contributed by atoms with Gasteiger partial charge in [0.1, 0.15) is 5.75 Å². The van der Waals surface area contributed by atoms with Crippen molar-refractivity contribution in [2.24, 2.45) is 0 Å². The smallest absolute Gasteiger partial charge is 0.237 e. The van der Waals surface area contributed by atoms with Crippen LogP contribution in [0.2, 0.25) is 5.02 Å². The third-order valence-corrected chi connectivity index (χ3v) is 3.66. The summed E-state index contributed by atoms with van der Waals surface area (Å²) in [4.78, 5) is 13.8. The number of aromatic hydroxyl groups is 1. The molecule has 0 aromatic heterocycles. The molecule has 1 aromatic carbocycles. The highest BCUT2D eigenvalue weighted by molar-refractivity contribution is 6.32. The Morgan fingerprint density at radius 3 is 3.11 bits per heavy atom. The Bertz CT molecular complexity index is 451. The topological polar surface area (TPSA) is 52.6 Å². The van der Waals surface area contributed by atoms with Crippen molar-refractivity contribution < 1.29 is 9.90 Å². The Labute approximate surface area is 112 Å². The summed E-state index contributed by atoms with van der Waals surface area (Å²) in [6, 6.07) is 5.19. The maximum Gasteiger partial charge on any atom is 0.237 e. The van der Waals surface area contributed by atoms with E-state index in [4.69, 9.17) is 11.6 Å². The fraction of sp³-hybridized carbons (Fsp3) is 0.462. The van der Waals surface area contributed by atoms with Crippen molar-refractivity contribution in [3.05, 3.63) is 28.8 Å². The number of carbonyl (C=O) groups is 1. The summed E-state index contributed by atoms with van der Waals surface area (Å²) in [5.41, 5.74) is 0.762. The van der Waals surface area contributed by atoms with E-state index in [9.17, 15) is 9.90 Å². The molecule has 0 saturated carbocycles. The first-order valence-corrected chi connectivity index (χ1v) is 6.43. The number of hydrogen-bond acceptors (Lipinski definition) is 3. The minimum absolute atomic E-state index is 0.0361.